The number of cyclic esters (lactones) is 1. The largest absolute Gasteiger partial charge is 0.459 e. The van der Waals surface area contributed by atoms with E-state index in [0.717, 1.165) is 17.8 Å². The minimum atomic E-state index is -1.79. The van der Waals surface area contributed by atoms with Crippen LogP contribution in [0.25, 0.3) is 22.4 Å². The molecule has 3 aromatic rings. The summed E-state index contributed by atoms with van der Waals surface area (Å²) in [5.41, 5.74) is 2.44. The van der Waals surface area contributed by atoms with Crippen LogP contribution in [0.15, 0.2) is 64.4 Å². The van der Waals surface area contributed by atoms with Gasteiger partial charge < -0.3 is 40.6 Å². The van der Waals surface area contributed by atoms with E-state index in [2.05, 4.69) is 69.8 Å². The highest BCUT2D eigenvalue weighted by atomic mass is 32.2. The third-order valence-corrected chi connectivity index (χ3v) is 12.5. The van der Waals surface area contributed by atoms with Crippen molar-refractivity contribution >= 4 is 17.7 Å². The van der Waals surface area contributed by atoms with Gasteiger partial charge in [0.15, 0.2) is 0 Å². The van der Waals surface area contributed by atoms with Crippen LogP contribution >= 0.6 is 11.8 Å². The first kappa shape index (κ1) is 40.4. The van der Waals surface area contributed by atoms with Gasteiger partial charge in [-0.25, -0.2) is 0 Å². The summed E-state index contributed by atoms with van der Waals surface area (Å²) >= 11 is 1.79. The number of hydrogen-bond donors (Lipinski definition) is 7. The lowest BCUT2D eigenvalue weighted by atomic mass is 9.78. The quantitative estimate of drug-likeness (QED) is 0.0994. The van der Waals surface area contributed by atoms with Crippen molar-refractivity contribution in [2.75, 3.05) is 19.6 Å². The van der Waals surface area contributed by atoms with E-state index in [0.29, 0.717) is 26.2 Å². The number of nitrogens with one attached hydrogen (secondary N) is 2. The van der Waals surface area contributed by atoms with Gasteiger partial charge in [-0.15, -0.1) is 0 Å². The molecule has 0 amide bonds. The standard InChI is InChI=1S/C41H59N3O7S/c1-8-34-41(7,50)38(47)27(5)44(23-24(2)21-40(6,49)37(46)25(3)36(45)26(4)39(48)51-34)19-13-18-42-22-28-20-31-29-14-9-11-16-32(29)52-33-17-12-10-15-30(33)35(31)43-28/h9-12,14-17,20,24-27,34,36-38,42-43,45-47,49-50H,8,13,18-19,21-23H2,1-7H3/t24-,25+,26-,27-,34-,36+,37-,38-,40-,41-/m1/s1. The second-order valence-corrected chi connectivity index (χ2v) is 16.8. The predicted molar refractivity (Wildman–Crippen MR) is 205 cm³/mol. The molecule has 10 atom stereocenters. The highest BCUT2D eigenvalue weighted by Gasteiger charge is 2.47. The Labute approximate surface area is 313 Å². The highest BCUT2D eigenvalue weighted by molar-refractivity contribution is 7.99. The molecular weight excluding hydrogens is 679 g/mol. The molecular formula is C41H59N3O7S. The lowest BCUT2D eigenvalue weighted by Gasteiger charge is -2.43. The van der Waals surface area contributed by atoms with Crippen LogP contribution in [0.3, 0.4) is 0 Å². The fourth-order valence-electron chi connectivity index (χ4n) is 8.16. The normalized spacial score (nSPS) is 33.5. The fraction of sp³-hybridized carbons (Fsp3) is 0.585. The third-order valence-electron chi connectivity index (χ3n) is 11.3. The fourth-order valence-corrected chi connectivity index (χ4v) is 9.26. The summed E-state index contributed by atoms with van der Waals surface area (Å²) < 4.78 is 5.73. The Kier molecular flexibility index (Phi) is 13.0. The maximum atomic E-state index is 13.2. The molecule has 0 bridgehead atoms. The molecule has 2 aliphatic heterocycles. The second-order valence-electron chi connectivity index (χ2n) is 15.7. The molecule has 2 aliphatic rings. The summed E-state index contributed by atoms with van der Waals surface area (Å²) in [6, 6.07) is 18.7. The number of aromatic amines is 1. The van der Waals surface area contributed by atoms with E-state index in [1.165, 1.54) is 40.3 Å². The van der Waals surface area contributed by atoms with Gasteiger partial charge in [0.2, 0.25) is 0 Å². The maximum absolute atomic E-state index is 13.2. The van der Waals surface area contributed by atoms with Crippen molar-refractivity contribution in [1.29, 1.82) is 0 Å². The number of fused-ring (bicyclic) bond motifs is 5. The summed E-state index contributed by atoms with van der Waals surface area (Å²) in [6.07, 6.45) is -3.71. The number of aromatic nitrogens is 1. The molecule has 52 heavy (non-hydrogen) atoms. The second kappa shape index (κ2) is 16.7. The topological polar surface area (TPSA) is 159 Å². The number of rotatable bonds is 7. The van der Waals surface area contributed by atoms with E-state index in [1.54, 1.807) is 32.5 Å². The molecule has 5 rings (SSSR count). The van der Waals surface area contributed by atoms with Crippen molar-refractivity contribution in [2.45, 2.75) is 126 Å². The molecule has 0 aliphatic carbocycles. The number of carbonyl (C=O) groups is 1. The maximum Gasteiger partial charge on any atom is 0.311 e. The first-order valence-corrected chi connectivity index (χ1v) is 19.6. The number of benzene rings is 2. The van der Waals surface area contributed by atoms with Crippen LogP contribution in [0.5, 0.6) is 0 Å². The summed E-state index contributed by atoms with van der Waals surface area (Å²) in [6.45, 7) is 14.1. The molecule has 1 fully saturated rings. The SMILES string of the molecule is CC[C@H]1OC(=O)[C@H](C)[C@@H](O)[C@H](C)[C@@H](O)[C@](C)(O)C[C@@H](C)CN(CCCNCc2cc3c([nH]2)-c2ccccc2Sc2ccccc2-3)[C@H](C)[C@@H](O)[C@]1(C)O. The van der Waals surface area contributed by atoms with Gasteiger partial charge in [0.1, 0.15) is 17.8 Å². The number of nitrogens with zero attached hydrogens (tertiary/aromatic N) is 1. The average molecular weight is 738 g/mol. The number of aliphatic hydroxyl groups is 5. The van der Waals surface area contributed by atoms with E-state index in [-0.39, 0.29) is 18.8 Å². The minimum Gasteiger partial charge on any atom is -0.459 e. The molecule has 1 saturated heterocycles. The van der Waals surface area contributed by atoms with Crippen LogP contribution < -0.4 is 5.32 Å². The first-order valence-electron chi connectivity index (χ1n) is 18.8. The molecule has 7 N–H and O–H groups in total. The van der Waals surface area contributed by atoms with Gasteiger partial charge in [0.25, 0.3) is 0 Å². The monoisotopic (exact) mass is 737 g/mol. The van der Waals surface area contributed by atoms with Crippen molar-refractivity contribution in [1.82, 2.24) is 15.2 Å². The molecule has 0 radical (unpaired) electrons. The molecule has 286 valence electrons. The number of carbonyl (C=O) groups excluding carboxylic acids is 1. The van der Waals surface area contributed by atoms with Crippen molar-refractivity contribution in [3.05, 3.63) is 60.3 Å². The predicted octanol–water partition coefficient (Wildman–Crippen LogP) is 5.20. The van der Waals surface area contributed by atoms with Crippen LogP contribution in [0, 0.1) is 17.8 Å². The van der Waals surface area contributed by atoms with Gasteiger partial charge in [-0.05, 0) is 89.7 Å². The van der Waals surface area contributed by atoms with E-state index < -0.39 is 59.5 Å². The van der Waals surface area contributed by atoms with Crippen LogP contribution in [0.1, 0.15) is 73.4 Å². The van der Waals surface area contributed by atoms with Crippen molar-refractivity contribution < 1.29 is 35.1 Å². The Hall–Kier alpha value is -2.74. The van der Waals surface area contributed by atoms with Gasteiger partial charge in [-0.2, -0.15) is 0 Å². The van der Waals surface area contributed by atoms with E-state index in [1.807, 2.05) is 13.8 Å². The van der Waals surface area contributed by atoms with Crippen molar-refractivity contribution in [3.8, 4) is 22.4 Å². The Morgan fingerprint density at radius 1 is 0.942 bits per heavy atom. The summed E-state index contributed by atoms with van der Waals surface area (Å²) in [4.78, 5) is 21.4. The zero-order valence-electron chi connectivity index (χ0n) is 31.7. The van der Waals surface area contributed by atoms with Gasteiger partial charge in [-0.1, -0.05) is 68.9 Å². The van der Waals surface area contributed by atoms with Gasteiger partial charge >= 0.3 is 5.97 Å². The zero-order valence-corrected chi connectivity index (χ0v) is 32.5. The molecule has 3 heterocycles. The number of aliphatic hydroxyl groups excluding tert-OH is 3. The Balaban J connectivity index is 1.31. The number of ether oxygens (including phenoxy) is 1. The van der Waals surface area contributed by atoms with Crippen LogP contribution in [-0.2, 0) is 16.1 Å². The molecule has 11 heteroatoms. The van der Waals surface area contributed by atoms with E-state index in [9.17, 15) is 30.3 Å². The molecule has 1 aromatic heterocycles. The van der Waals surface area contributed by atoms with Crippen LogP contribution in [0.4, 0.5) is 0 Å². The molecule has 2 aromatic carbocycles. The van der Waals surface area contributed by atoms with Gasteiger partial charge in [0, 0.05) is 51.7 Å². The zero-order chi connectivity index (χ0) is 38.0. The Morgan fingerprint density at radius 2 is 1.58 bits per heavy atom. The molecule has 0 saturated carbocycles. The van der Waals surface area contributed by atoms with Gasteiger partial charge in [-0.3, -0.25) is 9.69 Å². The van der Waals surface area contributed by atoms with Crippen molar-refractivity contribution in [3.63, 3.8) is 0 Å². The van der Waals surface area contributed by atoms with E-state index >= 15 is 0 Å². The van der Waals surface area contributed by atoms with Crippen LogP contribution in [0.2, 0.25) is 0 Å². The highest BCUT2D eigenvalue weighted by Crippen LogP contribution is 2.47. The lowest BCUT2D eigenvalue weighted by molar-refractivity contribution is -0.193. The lowest BCUT2D eigenvalue weighted by Crippen LogP contribution is -2.59. The number of hydrogen-bond acceptors (Lipinski definition) is 10. The van der Waals surface area contributed by atoms with E-state index in [4.69, 9.17) is 4.74 Å². The molecule has 10 nitrogen and oxygen atoms in total. The Morgan fingerprint density at radius 3 is 2.25 bits per heavy atom. The summed E-state index contributed by atoms with van der Waals surface area (Å²) in [7, 11) is 0. The smallest absolute Gasteiger partial charge is 0.311 e. The summed E-state index contributed by atoms with van der Waals surface area (Å²) in [5.74, 6) is -2.73. The van der Waals surface area contributed by atoms with Crippen LogP contribution in [-0.4, -0.2) is 103 Å². The molecule has 0 unspecified atom stereocenters. The molecule has 0 spiro atoms. The van der Waals surface area contributed by atoms with Gasteiger partial charge in [0.05, 0.1) is 29.4 Å². The van der Waals surface area contributed by atoms with Crippen molar-refractivity contribution in [2.24, 2.45) is 17.8 Å². The number of H-pyrrole nitrogens is 1. The minimum absolute atomic E-state index is 0.123. The average Bonchev–Trinajstić information content (AvgIpc) is 3.49. The first-order chi connectivity index (χ1) is 24.6. The Bertz CT molecular complexity index is 1600. The summed E-state index contributed by atoms with van der Waals surface area (Å²) in [5, 5.41) is 60.6. The number of esters is 1. The third kappa shape index (κ3) is 8.63.